The highest BCUT2D eigenvalue weighted by Crippen LogP contribution is 2.26. The molecule has 0 radical (unpaired) electrons. The fraction of sp³-hybridized carbons (Fsp3) is 0.133. The molecule has 0 saturated carbocycles. The summed E-state index contributed by atoms with van der Waals surface area (Å²) in [5.41, 5.74) is -0.168. The van der Waals surface area contributed by atoms with Crippen LogP contribution in [0.2, 0.25) is 10.0 Å². The Morgan fingerprint density at radius 1 is 1.26 bits per heavy atom. The van der Waals surface area contributed by atoms with Gasteiger partial charge < -0.3 is 4.74 Å². The second-order valence-corrected chi connectivity index (χ2v) is 6.39. The number of fused-ring (bicyclic) bond motifs is 1. The molecule has 0 aliphatic rings. The maximum absolute atomic E-state index is 12.2. The lowest BCUT2D eigenvalue weighted by Gasteiger charge is -2.07. The number of hydrogen-bond acceptors (Lipinski definition) is 5. The van der Waals surface area contributed by atoms with E-state index in [1.165, 1.54) is 28.3 Å². The number of aryl methyl sites for hydroxylation is 1. The molecule has 2 aromatic heterocycles. The van der Waals surface area contributed by atoms with Crippen molar-refractivity contribution in [1.82, 2.24) is 9.55 Å². The van der Waals surface area contributed by atoms with Gasteiger partial charge in [0.15, 0.2) is 0 Å². The average molecular weight is 369 g/mol. The molecule has 3 aromatic rings. The predicted molar refractivity (Wildman–Crippen MR) is 90.6 cm³/mol. The van der Waals surface area contributed by atoms with Gasteiger partial charge in [0.25, 0.3) is 5.56 Å². The summed E-state index contributed by atoms with van der Waals surface area (Å²) in [4.78, 5) is 28.9. The van der Waals surface area contributed by atoms with Gasteiger partial charge in [-0.3, -0.25) is 14.2 Å². The monoisotopic (exact) mass is 368 g/mol. The van der Waals surface area contributed by atoms with E-state index in [0.29, 0.717) is 26.0 Å². The molecular formula is C15H10Cl2N2O3S. The maximum Gasteiger partial charge on any atom is 0.312 e. The quantitative estimate of drug-likeness (QED) is 0.519. The van der Waals surface area contributed by atoms with Crippen molar-refractivity contribution in [2.75, 3.05) is 0 Å². The number of hydrogen-bond donors (Lipinski definition) is 0. The number of carbonyl (C=O) groups is 1. The molecule has 3 rings (SSSR count). The van der Waals surface area contributed by atoms with Crippen molar-refractivity contribution < 1.29 is 9.53 Å². The second kappa shape index (κ2) is 6.70. The van der Waals surface area contributed by atoms with E-state index in [2.05, 4.69) is 4.98 Å². The van der Waals surface area contributed by atoms with E-state index in [4.69, 9.17) is 27.9 Å². The van der Waals surface area contributed by atoms with E-state index in [-0.39, 0.29) is 18.5 Å². The molecule has 0 saturated heterocycles. The smallest absolute Gasteiger partial charge is 0.312 e. The van der Waals surface area contributed by atoms with Crippen molar-refractivity contribution in [2.45, 2.75) is 13.0 Å². The SMILES string of the molecule is O=C(CCn1cnc2sccc2c1=O)Oc1ccc(Cl)c(Cl)c1. The molecule has 0 N–H and O–H groups in total. The summed E-state index contributed by atoms with van der Waals surface area (Å²) in [6.07, 6.45) is 1.48. The van der Waals surface area contributed by atoms with Crippen LogP contribution in [0.4, 0.5) is 0 Å². The van der Waals surface area contributed by atoms with E-state index in [9.17, 15) is 9.59 Å². The first-order valence-electron chi connectivity index (χ1n) is 6.63. The topological polar surface area (TPSA) is 61.2 Å². The van der Waals surface area contributed by atoms with Crippen molar-refractivity contribution >= 4 is 50.7 Å². The molecule has 0 bridgehead atoms. The van der Waals surface area contributed by atoms with E-state index in [1.807, 2.05) is 5.38 Å². The average Bonchev–Trinajstić information content (AvgIpc) is 3.00. The number of carbonyl (C=O) groups excluding carboxylic acids is 1. The molecule has 0 atom stereocenters. The van der Waals surface area contributed by atoms with Crippen LogP contribution in [-0.4, -0.2) is 15.5 Å². The maximum atomic E-state index is 12.2. The Labute approximate surface area is 145 Å². The second-order valence-electron chi connectivity index (χ2n) is 4.68. The first kappa shape index (κ1) is 16.0. The van der Waals surface area contributed by atoms with E-state index in [0.717, 1.165) is 0 Å². The van der Waals surface area contributed by atoms with Gasteiger partial charge in [-0.15, -0.1) is 11.3 Å². The minimum absolute atomic E-state index is 0.0392. The number of aromatic nitrogens is 2. The van der Waals surface area contributed by atoms with Gasteiger partial charge in [0, 0.05) is 12.6 Å². The third-order valence-corrected chi connectivity index (χ3v) is 4.69. The molecule has 0 aliphatic heterocycles. The van der Waals surface area contributed by atoms with Gasteiger partial charge in [-0.2, -0.15) is 0 Å². The molecule has 0 spiro atoms. The molecule has 2 heterocycles. The zero-order valence-corrected chi connectivity index (χ0v) is 14.0. The standard InChI is InChI=1S/C15H10Cl2N2O3S/c16-11-2-1-9(7-12(11)17)22-13(20)3-5-19-8-18-14-10(15(19)21)4-6-23-14/h1-2,4,6-8H,3,5H2. The van der Waals surface area contributed by atoms with E-state index >= 15 is 0 Å². The lowest BCUT2D eigenvalue weighted by atomic mass is 10.3. The molecule has 5 nitrogen and oxygen atoms in total. The third kappa shape index (κ3) is 3.55. The number of benzene rings is 1. The highest BCUT2D eigenvalue weighted by molar-refractivity contribution is 7.16. The van der Waals surface area contributed by atoms with Crippen molar-refractivity contribution in [3.8, 4) is 5.75 Å². The molecular weight excluding hydrogens is 359 g/mol. The summed E-state index contributed by atoms with van der Waals surface area (Å²) >= 11 is 13.1. The Morgan fingerprint density at radius 3 is 2.87 bits per heavy atom. The summed E-state index contributed by atoms with van der Waals surface area (Å²) in [6, 6.07) is 6.29. The number of rotatable bonds is 4. The van der Waals surface area contributed by atoms with Gasteiger partial charge in [-0.25, -0.2) is 4.98 Å². The highest BCUT2D eigenvalue weighted by Gasteiger charge is 2.10. The Kier molecular flexibility index (Phi) is 4.66. The predicted octanol–water partition coefficient (Wildman–Crippen LogP) is 3.76. The molecule has 23 heavy (non-hydrogen) atoms. The van der Waals surface area contributed by atoms with Gasteiger partial charge in [0.05, 0.1) is 28.2 Å². The fourth-order valence-electron chi connectivity index (χ4n) is 1.99. The highest BCUT2D eigenvalue weighted by atomic mass is 35.5. The van der Waals surface area contributed by atoms with Crippen LogP contribution in [-0.2, 0) is 11.3 Å². The van der Waals surface area contributed by atoms with Gasteiger partial charge in [0.1, 0.15) is 10.6 Å². The number of halogens is 2. The van der Waals surface area contributed by atoms with Crippen LogP contribution in [0.15, 0.2) is 40.8 Å². The summed E-state index contributed by atoms with van der Waals surface area (Å²) < 4.78 is 6.56. The molecule has 0 aliphatic carbocycles. The first-order chi connectivity index (χ1) is 11.0. The van der Waals surface area contributed by atoms with Crippen molar-refractivity contribution in [2.24, 2.45) is 0 Å². The van der Waals surface area contributed by atoms with Crippen LogP contribution in [0, 0.1) is 0 Å². The Hall–Kier alpha value is -1.89. The Morgan fingerprint density at radius 2 is 2.09 bits per heavy atom. The van der Waals surface area contributed by atoms with Crippen LogP contribution in [0.1, 0.15) is 6.42 Å². The molecule has 118 valence electrons. The van der Waals surface area contributed by atoms with Crippen molar-refractivity contribution in [1.29, 1.82) is 0 Å². The molecule has 0 amide bonds. The van der Waals surface area contributed by atoms with Gasteiger partial charge in [-0.1, -0.05) is 23.2 Å². The lowest BCUT2D eigenvalue weighted by Crippen LogP contribution is -2.22. The summed E-state index contributed by atoms with van der Waals surface area (Å²) in [7, 11) is 0. The number of nitrogens with zero attached hydrogens (tertiary/aromatic N) is 2. The summed E-state index contributed by atoms with van der Waals surface area (Å²) in [5, 5.41) is 3.05. The molecule has 0 fully saturated rings. The Balaban J connectivity index is 1.67. The van der Waals surface area contributed by atoms with Crippen LogP contribution < -0.4 is 10.3 Å². The van der Waals surface area contributed by atoms with E-state index in [1.54, 1.807) is 18.2 Å². The van der Waals surface area contributed by atoms with Crippen LogP contribution in [0.3, 0.4) is 0 Å². The molecule has 8 heteroatoms. The van der Waals surface area contributed by atoms with E-state index < -0.39 is 5.97 Å². The first-order valence-corrected chi connectivity index (χ1v) is 8.26. The van der Waals surface area contributed by atoms with Crippen molar-refractivity contribution in [3.05, 3.63) is 56.4 Å². The lowest BCUT2D eigenvalue weighted by molar-refractivity contribution is -0.134. The van der Waals surface area contributed by atoms with Crippen LogP contribution in [0.5, 0.6) is 5.75 Å². The summed E-state index contributed by atoms with van der Waals surface area (Å²) in [5.74, 6) is -0.163. The van der Waals surface area contributed by atoms with Gasteiger partial charge >= 0.3 is 5.97 Å². The fourth-order valence-corrected chi connectivity index (χ4v) is 3.00. The van der Waals surface area contributed by atoms with Crippen LogP contribution in [0.25, 0.3) is 10.2 Å². The van der Waals surface area contributed by atoms with Crippen LogP contribution >= 0.6 is 34.5 Å². The zero-order valence-electron chi connectivity index (χ0n) is 11.7. The van der Waals surface area contributed by atoms with Crippen molar-refractivity contribution in [3.63, 3.8) is 0 Å². The minimum atomic E-state index is -0.472. The third-order valence-electron chi connectivity index (χ3n) is 3.13. The normalized spacial score (nSPS) is 10.9. The van der Waals surface area contributed by atoms with Gasteiger partial charge in [-0.05, 0) is 23.6 Å². The molecule has 0 unspecified atom stereocenters. The number of thiophene rings is 1. The zero-order chi connectivity index (χ0) is 16.4. The largest absolute Gasteiger partial charge is 0.426 e. The minimum Gasteiger partial charge on any atom is -0.426 e. The number of ether oxygens (including phenoxy) is 1. The number of esters is 1. The Bertz CT molecular complexity index is 936. The van der Waals surface area contributed by atoms with Gasteiger partial charge in [0.2, 0.25) is 0 Å². The summed E-state index contributed by atoms with van der Waals surface area (Å²) in [6.45, 7) is 0.192. The molecule has 1 aromatic carbocycles.